The number of aromatic nitrogens is 3. The maximum Gasteiger partial charge on any atom is 0.259 e. The third-order valence-electron chi connectivity index (χ3n) is 4.31. The molecule has 0 aliphatic rings. The fourth-order valence-electron chi connectivity index (χ4n) is 3.04. The molecule has 0 radical (unpaired) electrons. The highest BCUT2D eigenvalue weighted by Crippen LogP contribution is 2.26. The van der Waals surface area contributed by atoms with Crippen LogP contribution in [0.5, 0.6) is 0 Å². The number of hydrogen-bond acceptors (Lipinski definition) is 5. The second-order valence-electron chi connectivity index (χ2n) is 6.27. The van der Waals surface area contributed by atoms with Gasteiger partial charge in [-0.2, -0.15) is 0 Å². The maximum atomic E-state index is 12.8. The zero-order valence-corrected chi connectivity index (χ0v) is 16.0. The number of anilines is 1. The van der Waals surface area contributed by atoms with E-state index < -0.39 is 0 Å². The molecule has 4 rings (SSSR count). The van der Waals surface area contributed by atoms with Crippen molar-refractivity contribution < 1.29 is 9.32 Å². The van der Waals surface area contributed by atoms with Gasteiger partial charge in [0.05, 0.1) is 11.3 Å². The molecule has 0 fully saturated rings. The molecule has 136 valence electrons. The van der Waals surface area contributed by atoms with Crippen molar-refractivity contribution in [3.05, 3.63) is 70.6 Å². The highest BCUT2D eigenvalue weighted by Gasteiger charge is 2.19. The van der Waals surface area contributed by atoms with E-state index in [9.17, 15) is 4.79 Å². The van der Waals surface area contributed by atoms with Crippen molar-refractivity contribution in [2.75, 3.05) is 5.32 Å². The van der Waals surface area contributed by atoms with Crippen molar-refractivity contribution >= 4 is 22.4 Å². The fraction of sp³-hybridized carbons (Fsp3) is 0.150. The number of carbonyl (C=O) groups is 1. The van der Waals surface area contributed by atoms with E-state index in [-0.39, 0.29) is 5.91 Å². The number of rotatable bonds is 4. The van der Waals surface area contributed by atoms with Crippen molar-refractivity contribution in [2.24, 2.45) is 0 Å². The van der Waals surface area contributed by atoms with Gasteiger partial charge in [0.2, 0.25) is 0 Å². The zero-order chi connectivity index (χ0) is 19.0. The van der Waals surface area contributed by atoms with Crippen LogP contribution >= 0.6 is 11.3 Å². The van der Waals surface area contributed by atoms with E-state index in [2.05, 4.69) is 15.5 Å². The Balaban J connectivity index is 1.58. The van der Waals surface area contributed by atoms with Gasteiger partial charge in [-0.1, -0.05) is 35.5 Å². The van der Waals surface area contributed by atoms with Crippen molar-refractivity contribution in [1.29, 1.82) is 0 Å². The summed E-state index contributed by atoms with van der Waals surface area (Å²) in [5, 5.41) is 9.45. The van der Waals surface area contributed by atoms with E-state index in [1.54, 1.807) is 0 Å². The Kier molecular flexibility index (Phi) is 4.37. The molecule has 1 N–H and O–H groups in total. The number of aryl methyl sites for hydroxylation is 2. The number of nitrogens with zero attached hydrogens (tertiary/aromatic N) is 3. The Morgan fingerprint density at radius 1 is 1.15 bits per heavy atom. The van der Waals surface area contributed by atoms with Gasteiger partial charge in [-0.25, -0.2) is 4.98 Å². The van der Waals surface area contributed by atoms with Crippen LogP contribution in [0.1, 0.15) is 27.5 Å². The predicted molar refractivity (Wildman–Crippen MR) is 106 cm³/mol. The van der Waals surface area contributed by atoms with Crippen LogP contribution in [-0.2, 0) is 0 Å². The first kappa shape index (κ1) is 17.2. The summed E-state index contributed by atoms with van der Waals surface area (Å²) in [7, 11) is 0. The lowest BCUT2D eigenvalue weighted by Gasteiger charge is -2.05. The summed E-state index contributed by atoms with van der Waals surface area (Å²) in [5.41, 5.74) is 4.17. The van der Waals surface area contributed by atoms with Crippen molar-refractivity contribution in [2.45, 2.75) is 20.8 Å². The van der Waals surface area contributed by atoms with Crippen LogP contribution in [-0.4, -0.2) is 20.6 Å². The molecule has 0 saturated carbocycles. The van der Waals surface area contributed by atoms with Crippen molar-refractivity contribution in [1.82, 2.24) is 14.7 Å². The maximum absolute atomic E-state index is 12.8. The van der Waals surface area contributed by atoms with Crippen LogP contribution < -0.4 is 5.32 Å². The van der Waals surface area contributed by atoms with Gasteiger partial charge in [0.1, 0.15) is 5.76 Å². The monoisotopic (exact) mass is 378 g/mol. The average Bonchev–Trinajstić information content (AvgIpc) is 3.36. The van der Waals surface area contributed by atoms with E-state index >= 15 is 0 Å². The largest absolute Gasteiger partial charge is 0.360 e. The van der Waals surface area contributed by atoms with E-state index in [0.717, 1.165) is 28.4 Å². The van der Waals surface area contributed by atoms with Crippen LogP contribution in [0.25, 0.3) is 17.1 Å². The Labute approximate surface area is 160 Å². The second kappa shape index (κ2) is 6.85. The SMILES string of the molecule is Cc1cc(-n2c(C)cc(C(=O)Nc3nc(-c4ccccc4)cs3)c2C)no1. The molecule has 3 heterocycles. The Morgan fingerprint density at radius 3 is 2.63 bits per heavy atom. The van der Waals surface area contributed by atoms with E-state index in [1.807, 2.05) is 73.2 Å². The molecule has 4 aromatic rings. The third kappa shape index (κ3) is 3.29. The minimum absolute atomic E-state index is 0.191. The molecule has 0 bridgehead atoms. The molecule has 1 amide bonds. The Hall–Kier alpha value is -3.19. The number of hydrogen-bond donors (Lipinski definition) is 1. The minimum atomic E-state index is -0.191. The Morgan fingerprint density at radius 2 is 1.93 bits per heavy atom. The molecule has 0 unspecified atom stereocenters. The Bertz CT molecular complexity index is 1110. The lowest BCUT2D eigenvalue weighted by atomic mass is 10.2. The van der Waals surface area contributed by atoms with Crippen LogP contribution in [0.15, 0.2) is 52.4 Å². The first-order valence-electron chi connectivity index (χ1n) is 8.48. The van der Waals surface area contributed by atoms with Gasteiger partial charge in [0.15, 0.2) is 10.9 Å². The molecule has 6 nitrogen and oxygen atoms in total. The number of nitrogens with one attached hydrogen (secondary N) is 1. The van der Waals surface area contributed by atoms with Gasteiger partial charge in [0.25, 0.3) is 5.91 Å². The van der Waals surface area contributed by atoms with Gasteiger partial charge in [-0.15, -0.1) is 11.3 Å². The van der Waals surface area contributed by atoms with Crippen LogP contribution in [0.4, 0.5) is 5.13 Å². The van der Waals surface area contributed by atoms with Crippen LogP contribution in [0.3, 0.4) is 0 Å². The second-order valence-corrected chi connectivity index (χ2v) is 7.13. The molecule has 0 atom stereocenters. The molecular formula is C20H18N4O2S. The minimum Gasteiger partial charge on any atom is -0.360 e. The number of carbonyl (C=O) groups excluding carboxylic acids is 1. The summed E-state index contributed by atoms with van der Waals surface area (Å²) in [5.74, 6) is 1.20. The lowest BCUT2D eigenvalue weighted by molar-refractivity contribution is 0.102. The number of benzene rings is 1. The first-order valence-corrected chi connectivity index (χ1v) is 9.36. The van der Waals surface area contributed by atoms with Gasteiger partial charge in [-0.3, -0.25) is 14.7 Å². The zero-order valence-electron chi connectivity index (χ0n) is 15.2. The quantitative estimate of drug-likeness (QED) is 0.555. The van der Waals surface area contributed by atoms with E-state index in [0.29, 0.717) is 16.5 Å². The number of amides is 1. The molecule has 1 aromatic carbocycles. The summed E-state index contributed by atoms with van der Waals surface area (Å²) < 4.78 is 7.06. The predicted octanol–water partition coefficient (Wildman–Crippen LogP) is 4.77. The first-order chi connectivity index (χ1) is 13.0. The van der Waals surface area contributed by atoms with E-state index in [4.69, 9.17) is 4.52 Å². The molecule has 7 heteroatoms. The summed E-state index contributed by atoms with van der Waals surface area (Å²) >= 11 is 1.41. The highest BCUT2D eigenvalue weighted by atomic mass is 32.1. The summed E-state index contributed by atoms with van der Waals surface area (Å²) in [6.07, 6.45) is 0. The fourth-order valence-corrected chi connectivity index (χ4v) is 3.76. The smallest absolute Gasteiger partial charge is 0.259 e. The molecule has 0 aliphatic carbocycles. The standard InChI is InChI=1S/C20H18N4O2S/c1-12-9-16(14(3)24(12)18-10-13(2)26-23-18)19(25)22-20-21-17(11-27-20)15-7-5-4-6-8-15/h4-11H,1-3H3,(H,21,22,25). The van der Waals surface area contributed by atoms with Gasteiger partial charge >= 0.3 is 0 Å². The lowest BCUT2D eigenvalue weighted by Crippen LogP contribution is -2.13. The van der Waals surface area contributed by atoms with Gasteiger partial charge in [-0.05, 0) is 26.8 Å². The molecular weight excluding hydrogens is 360 g/mol. The van der Waals surface area contributed by atoms with E-state index in [1.165, 1.54) is 11.3 Å². The molecule has 0 spiro atoms. The van der Waals surface area contributed by atoms with Crippen molar-refractivity contribution in [3.8, 4) is 17.1 Å². The molecule has 27 heavy (non-hydrogen) atoms. The summed E-state index contributed by atoms with van der Waals surface area (Å²) in [6.45, 7) is 5.67. The van der Waals surface area contributed by atoms with Gasteiger partial charge < -0.3 is 4.52 Å². The normalized spacial score (nSPS) is 10.9. The van der Waals surface area contributed by atoms with Crippen molar-refractivity contribution in [3.63, 3.8) is 0 Å². The highest BCUT2D eigenvalue weighted by molar-refractivity contribution is 7.14. The summed E-state index contributed by atoms with van der Waals surface area (Å²) in [4.78, 5) is 17.3. The third-order valence-corrected chi connectivity index (χ3v) is 5.07. The molecule has 3 aromatic heterocycles. The average molecular weight is 378 g/mol. The van der Waals surface area contributed by atoms with Crippen LogP contribution in [0, 0.1) is 20.8 Å². The molecule has 0 saturated heterocycles. The number of thiazole rings is 1. The van der Waals surface area contributed by atoms with Crippen LogP contribution in [0.2, 0.25) is 0 Å². The molecule has 0 aliphatic heterocycles. The van der Waals surface area contributed by atoms with Gasteiger partial charge in [0, 0.05) is 28.4 Å². The topological polar surface area (TPSA) is 73.0 Å². The summed E-state index contributed by atoms with van der Waals surface area (Å²) in [6, 6.07) is 13.6.